The van der Waals surface area contributed by atoms with Crippen molar-refractivity contribution < 1.29 is 17.6 Å². The number of rotatable bonds is 4. The molecular weight excluding hydrogens is 319 g/mol. The number of halogens is 2. The fraction of sp³-hybridized carbons (Fsp3) is 0.462. The molecule has 116 valence electrons. The number of sulfonamides is 1. The zero-order valence-electron chi connectivity index (χ0n) is 11.4. The van der Waals surface area contributed by atoms with Crippen LogP contribution >= 0.6 is 11.6 Å². The molecule has 8 heteroatoms. The van der Waals surface area contributed by atoms with Gasteiger partial charge in [0.1, 0.15) is 10.7 Å². The molecule has 0 aromatic heterocycles. The molecule has 1 saturated carbocycles. The van der Waals surface area contributed by atoms with E-state index >= 15 is 0 Å². The molecule has 2 atom stereocenters. The lowest BCUT2D eigenvalue weighted by molar-refractivity contribution is -0.122. The van der Waals surface area contributed by atoms with Crippen LogP contribution in [0, 0.1) is 18.7 Å². The maximum absolute atomic E-state index is 13.4. The molecule has 1 aromatic rings. The number of primary amides is 1. The van der Waals surface area contributed by atoms with E-state index in [0.29, 0.717) is 12.8 Å². The van der Waals surface area contributed by atoms with E-state index in [1.54, 1.807) is 0 Å². The first-order valence-electron chi connectivity index (χ1n) is 6.49. The Morgan fingerprint density at radius 2 is 2.10 bits per heavy atom. The van der Waals surface area contributed by atoms with E-state index in [9.17, 15) is 17.6 Å². The Labute approximate surface area is 127 Å². The number of hydrogen-bond donors (Lipinski definition) is 2. The monoisotopic (exact) mass is 334 g/mol. The second-order valence-corrected chi connectivity index (χ2v) is 7.29. The predicted molar refractivity (Wildman–Crippen MR) is 76.8 cm³/mol. The molecule has 1 aromatic carbocycles. The zero-order valence-corrected chi connectivity index (χ0v) is 13.0. The van der Waals surface area contributed by atoms with Crippen LogP contribution < -0.4 is 10.5 Å². The number of benzene rings is 1. The fourth-order valence-corrected chi connectivity index (χ4v) is 4.45. The third kappa shape index (κ3) is 3.36. The van der Waals surface area contributed by atoms with Crippen LogP contribution in [-0.2, 0) is 14.8 Å². The van der Waals surface area contributed by atoms with Crippen LogP contribution in [-0.4, -0.2) is 20.4 Å². The van der Waals surface area contributed by atoms with Crippen molar-refractivity contribution in [1.82, 2.24) is 4.72 Å². The molecule has 1 fully saturated rings. The van der Waals surface area contributed by atoms with Crippen molar-refractivity contribution in [3.8, 4) is 0 Å². The summed E-state index contributed by atoms with van der Waals surface area (Å²) < 4.78 is 40.6. The lowest BCUT2D eigenvalue weighted by atomic mass is 10.0. The van der Waals surface area contributed by atoms with Gasteiger partial charge in [-0.2, -0.15) is 0 Å². The Bertz CT molecular complexity index is 678. The number of amides is 1. The Balaban J connectivity index is 2.31. The number of nitrogens with two attached hydrogens (primary N) is 1. The molecule has 2 rings (SSSR count). The molecule has 0 aliphatic heterocycles. The Hall–Kier alpha value is -1.18. The van der Waals surface area contributed by atoms with Gasteiger partial charge < -0.3 is 5.73 Å². The molecule has 1 amide bonds. The standard InChI is InChI=1S/C13H16ClFN2O3S/c1-7-5-12(9(14)6-10(7)15)21(19,20)17-11-4-2-3-8(11)13(16)18/h5-6,8,11,17H,2-4H2,1H3,(H2,16,18)/t8-,11+/m0/s1. The molecule has 0 saturated heterocycles. The van der Waals surface area contributed by atoms with Gasteiger partial charge in [-0.05, 0) is 37.5 Å². The minimum Gasteiger partial charge on any atom is -0.369 e. The van der Waals surface area contributed by atoms with Crippen molar-refractivity contribution in [2.75, 3.05) is 0 Å². The van der Waals surface area contributed by atoms with Crippen LogP contribution in [0.4, 0.5) is 4.39 Å². The third-order valence-electron chi connectivity index (χ3n) is 3.69. The minimum atomic E-state index is -3.94. The molecule has 1 aliphatic rings. The van der Waals surface area contributed by atoms with Gasteiger partial charge in [-0.15, -0.1) is 0 Å². The molecule has 3 N–H and O–H groups in total. The average molecular weight is 335 g/mol. The second-order valence-electron chi connectivity index (χ2n) is 5.20. The van der Waals surface area contributed by atoms with Gasteiger partial charge in [0, 0.05) is 6.04 Å². The predicted octanol–water partition coefficient (Wildman–Crippen LogP) is 1.72. The van der Waals surface area contributed by atoms with Crippen molar-refractivity contribution in [3.05, 3.63) is 28.5 Å². The van der Waals surface area contributed by atoms with Gasteiger partial charge in [-0.1, -0.05) is 18.0 Å². The first-order valence-corrected chi connectivity index (χ1v) is 8.36. The van der Waals surface area contributed by atoms with Crippen molar-refractivity contribution in [1.29, 1.82) is 0 Å². The molecule has 21 heavy (non-hydrogen) atoms. The van der Waals surface area contributed by atoms with Gasteiger partial charge in [-0.25, -0.2) is 17.5 Å². The van der Waals surface area contributed by atoms with Crippen molar-refractivity contribution in [2.24, 2.45) is 11.7 Å². The number of carbonyl (C=O) groups excluding carboxylic acids is 1. The number of carbonyl (C=O) groups is 1. The molecule has 0 radical (unpaired) electrons. The van der Waals surface area contributed by atoms with Gasteiger partial charge in [0.25, 0.3) is 0 Å². The molecule has 0 heterocycles. The highest BCUT2D eigenvalue weighted by molar-refractivity contribution is 7.89. The number of hydrogen-bond acceptors (Lipinski definition) is 3. The van der Waals surface area contributed by atoms with Gasteiger partial charge in [0.2, 0.25) is 15.9 Å². The summed E-state index contributed by atoms with van der Waals surface area (Å²) in [6.07, 6.45) is 1.81. The molecule has 1 aliphatic carbocycles. The summed E-state index contributed by atoms with van der Waals surface area (Å²) >= 11 is 5.82. The highest BCUT2D eigenvalue weighted by Crippen LogP contribution is 2.29. The summed E-state index contributed by atoms with van der Waals surface area (Å²) in [6, 6.07) is 1.59. The Morgan fingerprint density at radius 3 is 2.71 bits per heavy atom. The summed E-state index contributed by atoms with van der Waals surface area (Å²) in [5.41, 5.74) is 5.45. The molecular formula is C13H16ClFN2O3S. The molecule has 5 nitrogen and oxygen atoms in total. The third-order valence-corrected chi connectivity index (χ3v) is 5.65. The van der Waals surface area contributed by atoms with Gasteiger partial charge in [0.15, 0.2) is 0 Å². The second kappa shape index (κ2) is 5.90. The van der Waals surface area contributed by atoms with Gasteiger partial charge >= 0.3 is 0 Å². The average Bonchev–Trinajstić information content (AvgIpc) is 2.81. The molecule has 0 unspecified atom stereocenters. The first kappa shape index (κ1) is 16.2. The smallest absolute Gasteiger partial charge is 0.242 e. The fourth-order valence-electron chi connectivity index (χ4n) is 2.54. The number of nitrogens with one attached hydrogen (secondary N) is 1. The van der Waals surface area contributed by atoms with Crippen LogP contribution in [0.1, 0.15) is 24.8 Å². The van der Waals surface area contributed by atoms with Crippen LogP contribution in [0.2, 0.25) is 5.02 Å². The van der Waals surface area contributed by atoms with E-state index in [1.165, 1.54) is 13.0 Å². The summed E-state index contributed by atoms with van der Waals surface area (Å²) in [5.74, 6) is -1.63. The van der Waals surface area contributed by atoms with Crippen molar-refractivity contribution in [3.63, 3.8) is 0 Å². The van der Waals surface area contributed by atoms with E-state index < -0.39 is 33.7 Å². The van der Waals surface area contributed by atoms with E-state index in [1.807, 2.05) is 0 Å². The zero-order chi connectivity index (χ0) is 15.8. The summed E-state index contributed by atoms with van der Waals surface area (Å²) in [6.45, 7) is 1.45. The quantitative estimate of drug-likeness (QED) is 0.878. The number of aryl methyl sites for hydroxylation is 1. The van der Waals surface area contributed by atoms with Crippen LogP contribution in [0.3, 0.4) is 0 Å². The van der Waals surface area contributed by atoms with Gasteiger partial charge in [0.05, 0.1) is 10.9 Å². The maximum Gasteiger partial charge on any atom is 0.242 e. The SMILES string of the molecule is Cc1cc(S(=O)(=O)N[C@@H]2CCC[C@@H]2C(N)=O)c(Cl)cc1F. The van der Waals surface area contributed by atoms with Crippen LogP contribution in [0.25, 0.3) is 0 Å². The van der Waals surface area contributed by atoms with Crippen LogP contribution in [0.15, 0.2) is 17.0 Å². The lowest BCUT2D eigenvalue weighted by Crippen LogP contribution is -2.42. The van der Waals surface area contributed by atoms with Crippen molar-refractivity contribution in [2.45, 2.75) is 37.1 Å². The normalized spacial score (nSPS) is 22.4. The van der Waals surface area contributed by atoms with Crippen LogP contribution in [0.5, 0.6) is 0 Å². The van der Waals surface area contributed by atoms with E-state index in [4.69, 9.17) is 17.3 Å². The van der Waals surface area contributed by atoms with E-state index in [0.717, 1.165) is 12.5 Å². The largest absolute Gasteiger partial charge is 0.369 e. The van der Waals surface area contributed by atoms with Gasteiger partial charge in [-0.3, -0.25) is 4.79 Å². The molecule has 0 spiro atoms. The van der Waals surface area contributed by atoms with E-state index in [-0.39, 0.29) is 15.5 Å². The summed E-state index contributed by atoms with van der Waals surface area (Å²) in [4.78, 5) is 11.1. The summed E-state index contributed by atoms with van der Waals surface area (Å²) in [7, 11) is -3.94. The maximum atomic E-state index is 13.4. The topological polar surface area (TPSA) is 89.3 Å². The lowest BCUT2D eigenvalue weighted by Gasteiger charge is -2.19. The Morgan fingerprint density at radius 1 is 1.43 bits per heavy atom. The first-order chi connectivity index (χ1) is 9.72. The Kier molecular flexibility index (Phi) is 4.55. The van der Waals surface area contributed by atoms with E-state index in [2.05, 4.69) is 4.72 Å². The highest BCUT2D eigenvalue weighted by Gasteiger charge is 2.35. The highest BCUT2D eigenvalue weighted by atomic mass is 35.5. The summed E-state index contributed by atoms with van der Waals surface area (Å²) in [5, 5.41) is -0.195. The van der Waals surface area contributed by atoms with Crippen molar-refractivity contribution >= 4 is 27.5 Å². The molecule has 0 bridgehead atoms. The minimum absolute atomic E-state index is 0.178.